The van der Waals surface area contributed by atoms with Crippen LogP contribution in [0.2, 0.25) is 0 Å². The van der Waals surface area contributed by atoms with E-state index >= 15 is 0 Å². The Hall–Kier alpha value is -3.68. The highest BCUT2D eigenvalue weighted by Crippen LogP contribution is 2.14. The highest BCUT2D eigenvalue weighted by atomic mass is 16.5. The van der Waals surface area contributed by atoms with Gasteiger partial charge in [0.1, 0.15) is 12.4 Å². The molecule has 0 spiro atoms. The number of nitrogens with one attached hydrogen (secondary N) is 1. The van der Waals surface area contributed by atoms with E-state index in [1.165, 1.54) is 13.3 Å². The number of nitrogens with two attached hydrogens (primary N) is 1. The summed E-state index contributed by atoms with van der Waals surface area (Å²) >= 11 is 0. The highest BCUT2D eigenvalue weighted by Gasteiger charge is 2.06. The van der Waals surface area contributed by atoms with Gasteiger partial charge in [-0.2, -0.15) is 5.10 Å². The summed E-state index contributed by atoms with van der Waals surface area (Å²) in [6.07, 6.45) is 1.37. The molecule has 0 heterocycles. The summed E-state index contributed by atoms with van der Waals surface area (Å²) in [7, 11) is 1.33. The Bertz CT molecular complexity index is 814. The molecule has 0 fully saturated rings. The molecule has 8 nitrogen and oxygen atoms in total. The van der Waals surface area contributed by atoms with Gasteiger partial charge in [0, 0.05) is 0 Å². The van der Waals surface area contributed by atoms with Gasteiger partial charge < -0.3 is 15.2 Å². The van der Waals surface area contributed by atoms with Gasteiger partial charge in [-0.05, 0) is 47.5 Å². The minimum Gasteiger partial charge on any atom is -0.489 e. The van der Waals surface area contributed by atoms with Crippen LogP contribution < -0.4 is 15.9 Å². The lowest BCUT2D eigenvalue weighted by Gasteiger charge is -2.07. The van der Waals surface area contributed by atoms with Crippen LogP contribution in [0.1, 0.15) is 21.5 Å². The van der Waals surface area contributed by atoms with Crippen LogP contribution in [0.15, 0.2) is 53.6 Å². The van der Waals surface area contributed by atoms with Gasteiger partial charge in [0.2, 0.25) is 0 Å². The van der Waals surface area contributed by atoms with Crippen molar-refractivity contribution < 1.29 is 23.9 Å². The summed E-state index contributed by atoms with van der Waals surface area (Å²) in [5.74, 6) is -1.84. The zero-order valence-electron chi connectivity index (χ0n) is 14.0. The molecule has 0 aromatic heterocycles. The summed E-state index contributed by atoms with van der Waals surface area (Å²) in [6, 6.07) is 13.9. The molecule has 2 amide bonds. The first-order valence-electron chi connectivity index (χ1n) is 7.52. The molecule has 0 bridgehead atoms. The van der Waals surface area contributed by atoms with E-state index in [2.05, 4.69) is 9.84 Å². The molecular formula is C18H17N3O5. The average Bonchev–Trinajstić information content (AvgIpc) is 2.67. The number of esters is 1. The van der Waals surface area contributed by atoms with E-state index in [0.717, 1.165) is 5.56 Å². The minimum absolute atomic E-state index is 0.337. The van der Waals surface area contributed by atoms with Crippen LogP contribution in [0.4, 0.5) is 0 Å². The van der Waals surface area contributed by atoms with Crippen molar-refractivity contribution >= 4 is 24.0 Å². The number of primary amides is 1. The van der Waals surface area contributed by atoms with Crippen molar-refractivity contribution in [3.05, 3.63) is 65.2 Å². The summed E-state index contributed by atoms with van der Waals surface area (Å²) in [6.45, 7) is 0.337. The molecule has 8 heteroatoms. The molecule has 0 aliphatic rings. The fraction of sp³-hybridized carbons (Fsp3) is 0.111. The Kier molecular flexibility index (Phi) is 6.44. The fourth-order valence-electron chi connectivity index (χ4n) is 1.89. The maximum Gasteiger partial charge on any atom is 0.337 e. The second-order valence-corrected chi connectivity index (χ2v) is 5.11. The van der Waals surface area contributed by atoms with E-state index in [0.29, 0.717) is 23.5 Å². The smallest absolute Gasteiger partial charge is 0.337 e. The van der Waals surface area contributed by atoms with Crippen molar-refractivity contribution in [1.29, 1.82) is 0 Å². The Morgan fingerprint density at radius 2 is 1.73 bits per heavy atom. The number of hydrogen-bond donors (Lipinski definition) is 2. The molecule has 2 aromatic rings. The fourth-order valence-corrected chi connectivity index (χ4v) is 1.89. The average molecular weight is 355 g/mol. The summed E-state index contributed by atoms with van der Waals surface area (Å²) in [5, 5.41) is 3.61. The number of ether oxygens (including phenoxy) is 2. The van der Waals surface area contributed by atoms with Crippen LogP contribution in [0.3, 0.4) is 0 Å². The van der Waals surface area contributed by atoms with Crippen molar-refractivity contribution in [2.75, 3.05) is 7.11 Å². The van der Waals surface area contributed by atoms with E-state index in [1.54, 1.807) is 48.5 Å². The Labute approximate surface area is 149 Å². The normalized spacial score (nSPS) is 10.3. The van der Waals surface area contributed by atoms with E-state index in [-0.39, 0.29) is 5.97 Å². The maximum atomic E-state index is 11.4. The number of methoxy groups -OCH3 is 1. The Morgan fingerprint density at radius 3 is 2.31 bits per heavy atom. The van der Waals surface area contributed by atoms with Crippen LogP contribution in [-0.2, 0) is 20.9 Å². The number of hydrazone groups is 1. The maximum absolute atomic E-state index is 11.4. The van der Waals surface area contributed by atoms with Gasteiger partial charge in [-0.1, -0.05) is 12.1 Å². The summed E-state index contributed by atoms with van der Waals surface area (Å²) in [5.41, 5.74) is 8.86. The monoisotopic (exact) mass is 355 g/mol. The third kappa shape index (κ3) is 5.45. The van der Waals surface area contributed by atoms with Gasteiger partial charge in [0.25, 0.3) is 0 Å². The lowest BCUT2D eigenvalue weighted by Crippen LogP contribution is -2.32. The molecule has 134 valence electrons. The third-order valence-corrected chi connectivity index (χ3v) is 3.26. The van der Waals surface area contributed by atoms with E-state index in [1.807, 2.05) is 5.43 Å². The zero-order valence-corrected chi connectivity index (χ0v) is 14.0. The predicted octanol–water partition coefficient (Wildman–Crippen LogP) is 0.988. The minimum atomic E-state index is -1.11. The number of rotatable bonds is 6. The topological polar surface area (TPSA) is 120 Å². The van der Waals surface area contributed by atoms with Crippen molar-refractivity contribution in [3.63, 3.8) is 0 Å². The van der Waals surface area contributed by atoms with Gasteiger partial charge in [-0.3, -0.25) is 9.59 Å². The lowest BCUT2D eigenvalue weighted by molar-refractivity contribution is -0.137. The van der Waals surface area contributed by atoms with Crippen LogP contribution in [0.25, 0.3) is 0 Å². The van der Waals surface area contributed by atoms with Crippen molar-refractivity contribution in [3.8, 4) is 5.75 Å². The standard InChI is InChI=1S/C18H17N3O5/c1-25-18(24)14-6-2-13(3-7-14)11-26-15-8-4-12(5-9-15)10-20-21-17(23)16(19)22/h2-10H,11H2,1H3,(H2,19,22)(H,21,23)/b20-10+. The SMILES string of the molecule is COC(=O)c1ccc(COc2ccc(/C=N/NC(=O)C(N)=O)cc2)cc1. The molecule has 0 aliphatic carbocycles. The van der Waals surface area contributed by atoms with E-state index in [9.17, 15) is 14.4 Å². The molecule has 0 saturated heterocycles. The van der Waals surface area contributed by atoms with Gasteiger partial charge in [-0.25, -0.2) is 10.2 Å². The second kappa shape index (κ2) is 8.97. The molecule has 0 unspecified atom stereocenters. The molecule has 0 atom stereocenters. The van der Waals surface area contributed by atoms with Crippen LogP contribution >= 0.6 is 0 Å². The molecule has 2 aromatic carbocycles. The number of benzene rings is 2. The predicted molar refractivity (Wildman–Crippen MR) is 93.5 cm³/mol. The van der Waals surface area contributed by atoms with Gasteiger partial charge >= 0.3 is 17.8 Å². The summed E-state index contributed by atoms with van der Waals surface area (Å²) in [4.78, 5) is 32.8. The number of nitrogens with zero attached hydrogens (tertiary/aromatic N) is 1. The van der Waals surface area contributed by atoms with Gasteiger partial charge in [-0.15, -0.1) is 0 Å². The number of carbonyl (C=O) groups excluding carboxylic acids is 3. The molecule has 0 aliphatic heterocycles. The van der Waals surface area contributed by atoms with Crippen LogP contribution in [0.5, 0.6) is 5.75 Å². The lowest BCUT2D eigenvalue weighted by atomic mass is 10.1. The van der Waals surface area contributed by atoms with Gasteiger partial charge in [0.05, 0.1) is 18.9 Å². The molecule has 3 N–H and O–H groups in total. The first kappa shape index (κ1) is 18.7. The number of hydrogen-bond acceptors (Lipinski definition) is 6. The third-order valence-electron chi connectivity index (χ3n) is 3.26. The molecule has 0 radical (unpaired) electrons. The number of carbonyl (C=O) groups is 3. The Balaban J connectivity index is 1.87. The first-order chi connectivity index (χ1) is 12.5. The molecule has 0 saturated carbocycles. The molecule has 26 heavy (non-hydrogen) atoms. The van der Waals surface area contributed by atoms with Crippen molar-refractivity contribution in [2.24, 2.45) is 10.8 Å². The van der Waals surface area contributed by atoms with Crippen LogP contribution in [-0.4, -0.2) is 31.1 Å². The first-order valence-corrected chi connectivity index (χ1v) is 7.52. The second-order valence-electron chi connectivity index (χ2n) is 5.11. The largest absolute Gasteiger partial charge is 0.489 e. The quantitative estimate of drug-likeness (QED) is 0.346. The zero-order chi connectivity index (χ0) is 18.9. The van der Waals surface area contributed by atoms with Crippen LogP contribution in [0, 0.1) is 0 Å². The van der Waals surface area contributed by atoms with Crippen molar-refractivity contribution in [2.45, 2.75) is 6.61 Å². The highest BCUT2D eigenvalue weighted by molar-refractivity contribution is 6.34. The van der Waals surface area contributed by atoms with E-state index in [4.69, 9.17) is 10.5 Å². The molecular weight excluding hydrogens is 338 g/mol. The van der Waals surface area contributed by atoms with Crippen molar-refractivity contribution in [1.82, 2.24) is 5.43 Å². The summed E-state index contributed by atoms with van der Waals surface area (Å²) < 4.78 is 10.3. The van der Waals surface area contributed by atoms with E-state index < -0.39 is 11.8 Å². The molecule has 2 rings (SSSR count). The number of amides is 2. The van der Waals surface area contributed by atoms with Gasteiger partial charge in [0.15, 0.2) is 0 Å². The Morgan fingerprint density at radius 1 is 1.08 bits per heavy atom.